The van der Waals surface area contributed by atoms with E-state index in [0.29, 0.717) is 6.04 Å². The number of likely N-dealkylation sites (tertiary alicyclic amines) is 1. The largest absolute Gasteiger partial charge is 0.314 e. The third-order valence-corrected chi connectivity index (χ3v) is 5.20. The molecule has 0 saturated carbocycles. The highest BCUT2D eigenvalue weighted by atomic mass is 15.1. The van der Waals surface area contributed by atoms with Gasteiger partial charge in [0, 0.05) is 6.04 Å². The van der Waals surface area contributed by atoms with E-state index < -0.39 is 0 Å². The van der Waals surface area contributed by atoms with Crippen LogP contribution in [0.2, 0.25) is 0 Å². The van der Waals surface area contributed by atoms with E-state index in [0.717, 1.165) is 18.9 Å². The molecule has 136 valence electrons. The van der Waals surface area contributed by atoms with Crippen LogP contribution in [0.25, 0.3) is 0 Å². The molecular weight excluding hydrogens is 292 g/mol. The van der Waals surface area contributed by atoms with Crippen LogP contribution in [0.15, 0.2) is 30.3 Å². The number of hydrogen-bond donors (Lipinski definition) is 1. The molecule has 0 bridgehead atoms. The molecule has 2 heteroatoms. The molecule has 2 rings (SSSR count). The molecule has 1 aromatic carbocycles. The zero-order valence-corrected chi connectivity index (χ0v) is 16.0. The summed E-state index contributed by atoms with van der Waals surface area (Å²) in [5.74, 6) is 0.794. The van der Waals surface area contributed by atoms with Gasteiger partial charge in [0.15, 0.2) is 0 Å². The average molecular weight is 331 g/mol. The van der Waals surface area contributed by atoms with E-state index in [-0.39, 0.29) is 0 Å². The zero-order chi connectivity index (χ0) is 17.0. The van der Waals surface area contributed by atoms with E-state index in [4.69, 9.17) is 0 Å². The Morgan fingerprint density at radius 3 is 2.33 bits per heavy atom. The van der Waals surface area contributed by atoms with Crippen LogP contribution in [0.4, 0.5) is 0 Å². The maximum absolute atomic E-state index is 3.85. The van der Waals surface area contributed by atoms with Crippen molar-refractivity contribution in [2.24, 2.45) is 5.92 Å². The lowest BCUT2D eigenvalue weighted by molar-refractivity contribution is 0.277. The molecule has 1 atom stereocenters. The molecule has 0 aliphatic carbocycles. The normalized spacial score (nSPS) is 17.8. The minimum atomic E-state index is 0.624. The predicted molar refractivity (Wildman–Crippen MR) is 106 cm³/mol. The van der Waals surface area contributed by atoms with Gasteiger partial charge in [-0.2, -0.15) is 0 Å². The molecule has 0 spiro atoms. The molecule has 1 unspecified atom stereocenters. The molecule has 1 N–H and O–H groups in total. The molecule has 0 radical (unpaired) electrons. The van der Waals surface area contributed by atoms with Crippen molar-refractivity contribution in [2.75, 3.05) is 26.2 Å². The maximum Gasteiger partial charge on any atom is 0.0108 e. The van der Waals surface area contributed by atoms with E-state index >= 15 is 0 Å². The van der Waals surface area contributed by atoms with Gasteiger partial charge < -0.3 is 10.2 Å². The molecule has 0 amide bonds. The second-order valence-corrected chi connectivity index (χ2v) is 7.92. The molecule has 2 nitrogen and oxygen atoms in total. The first kappa shape index (κ1) is 19.5. The van der Waals surface area contributed by atoms with Crippen molar-refractivity contribution in [1.29, 1.82) is 0 Å². The van der Waals surface area contributed by atoms with Crippen molar-refractivity contribution in [3.05, 3.63) is 35.9 Å². The molecule has 0 aromatic heterocycles. The van der Waals surface area contributed by atoms with Crippen LogP contribution in [0.1, 0.15) is 64.4 Å². The summed E-state index contributed by atoms with van der Waals surface area (Å²) in [4.78, 5) is 2.68. The number of rotatable bonds is 10. The summed E-state index contributed by atoms with van der Waals surface area (Å²) in [6.07, 6.45) is 10.7. The Balaban J connectivity index is 1.70. The van der Waals surface area contributed by atoms with E-state index in [9.17, 15) is 0 Å². The van der Waals surface area contributed by atoms with Gasteiger partial charge in [0.1, 0.15) is 0 Å². The topological polar surface area (TPSA) is 15.3 Å². The van der Waals surface area contributed by atoms with Crippen molar-refractivity contribution in [2.45, 2.75) is 71.3 Å². The first-order valence-corrected chi connectivity index (χ1v) is 10.2. The minimum Gasteiger partial charge on any atom is -0.314 e. The van der Waals surface area contributed by atoms with Crippen LogP contribution in [-0.2, 0) is 6.42 Å². The molecule has 1 aliphatic rings. The van der Waals surface area contributed by atoms with Crippen LogP contribution in [0, 0.1) is 5.92 Å². The first-order valence-electron chi connectivity index (χ1n) is 10.2. The zero-order valence-electron chi connectivity index (χ0n) is 16.0. The van der Waals surface area contributed by atoms with Gasteiger partial charge in [0.2, 0.25) is 0 Å². The fraction of sp³-hybridized carbons (Fsp3) is 0.727. The molecule has 1 aromatic rings. The van der Waals surface area contributed by atoms with Crippen LogP contribution in [0.3, 0.4) is 0 Å². The van der Waals surface area contributed by atoms with Crippen LogP contribution < -0.4 is 5.32 Å². The lowest BCUT2D eigenvalue weighted by Gasteiger charge is -2.22. The first-order chi connectivity index (χ1) is 11.7. The molecule has 1 fully saturated rings. The van der Waals surface area contributed by atoms with Gasteiger partial charge >= 0.3 is 0 Å². The average Bonchev–Trinajstić information content (AvgIpc) is 2.86. The lowest BCUT2D eigenvalue weighted by Crippen LogP contribution is -2.34. The van der Waals surface area contributed by atoms with Gasteiger partial charge in [-0.15, -0.1) is 0 Å². The molecular formula is C22H38N2. The highest BCUT2D eigenvalue weighted by Crippen LogP contribution is 2.13. The minimum absolute atomic E-state index is 0.624. The summed E-state index contributed by atoms with van der Waals surface area (Å²) in [6, 6.07) is 11.6. The smallest absolute Gasteiger partial charge is 0.0108 e. The van der Waals surface area contributed by atoms with Crippen LogP contribution in [0.5, 0.6) is 0 Å². The Labute approximate surface area is 150 Å². The number of benzene rings is 1. The number of nitrogens with one attached hydrogen (secondary N) is 1. The lowest BCUT2D eigenvalue weighted by atomic mass is 9.97. The number of nitrogens with zero attached hydrogens (tertiary/aromatic N) is 1. The van der Waals surface area contributed by atoms with Crippen molar-refractivity contribution in [3.63, 3.8) is 0 Å². The summed E-state index contributed by atoms with van der Waals surface area (Å²) in [5, 5.41) is 3.85. The standard InChI is InChI=1S/C22H38N2/c1-20(2)13-14-22(19-21-11-6-5-7-12-21)23-15-10-18-24-16-8-3-4-9-17-24/h5-7,11-12,20,22-23H,3-4,8-10,13-19H2,1-2H3. The van der Waals surface area contributed by atoms with E-state index in [2.05, 4.69) is 54.4 Å². The van der Waals surface area contributed by atoms with Crippen molar-refractivity contribution < 1.29 is 0 Å². The van der Waals surface area contributed by atoms with E-state index in [1.54, 1.807) is 0 Å². The molecule has 1 aliphatic heterocycles. The Morgan fingerprint density at radius 2 is 1.67 bits per heavy atom. The van der Waals surface area contributed by atoms with Gasteiger partial charge in [0.05, 0.1) is 0 Å². The Morgan fingerprint density at radius 1 is 0.958 bits per heavy atom. The van der Waals surface area contributed by atoms with Gasteiger partial charge in [-0.05, 0) is 76.2 Å². The second-order valence-electron chi connectivity index (χ2n) is 7.92. The number of hydrogen-bond acceptors (Lipinski definition) is 2. The predicted octanol–water partition coefficient (Wildman–Crippen LogP) is 4.89. The highest BCUT2D eigenvalue weighted by molar-refractivity contribution is 5.15. The summed E-state index contributed by atoms with van der Waals surface area (Å²) < 4.78 is 0. The summed E-state index contributed by atoms with van der Waals surface area (Å²) in [5.41, 5.74) is 1.46. The summed E-state index contributed by atoms with van der Waals surface area (Å²) >= 11 is 0. The molecule has 24 heavy (non-hydrogen) atoms. The van der Waals surface area contributed by atoms with Crippen molar-refractivity contribution in [1.82, 2.24) is 10.2 Å². The quantitative estimate of drug-likeness (QED) is 0.614. The monoisotopic (exact) mass is 330 g/mol. The Bertz CT molecular complexity index is 407. The Hall–Kier alpha value is -0.860. The molecule has 1 saturated heterocycles. The maximum atomic E-state index is 3.85. The van der Waals surface area contributed by atoms with Crippen LogP contribution in [-0.4, -0.2) is 37.1 Å². The van der Waals surface area contributed by atoms with Crippen molar-refractivity contribution in [3.8, 4) is 0 Å². The Kier molecular flexibility index (Phi) is 9.45. The van der Waals surface area contributed by atoms with Gasteiger partial charge in [-0.3, -0.25) is 0 Å². The van der Waals surface area contributed by atoms with Crippen LogP contribution >= 0.6 is 0 Å². The fourth-order valence-electron chi connectivity index (χ4n) is 3.68. The third-order valence-electron chi connectivity index (χ3n) is 5.20. The summed E-state index contributed by atoms with van der Waals surface area (Å²) in [7, 11) is 0. The van der Waals surface area contributed by atoms with Gasteiger partial charge in [-0.1, -0.05) is 57.0 Å². The highest BCUT2D eigenvalue weighted by Gasteiger charge is 2.11. The molecule has 1 heterocycles. The van der Waals surface area contributed by atoms with Gasteiger partial charge in [-0.25, -0.2) is 0 Å². The van der Waals surface area contributed by atoms with Gasteiger partial charge in [0.25, 0.3) is 0 Å². The van der Waals surface area contributed by atoms with Crippen molar-refractivity contribution >= 4 is 0 Å². The fourth-order valence-corrected chi connectivity index (χ4v) is 3.68. The van der Waals surface area contributed by atoms with E-state index in [1.165, 1.54) is 70.1 Å². The van der Waals surface area contributed by atoms with E-state index in [1.807, 2.05) is 0 Å². The SMILES string of the molecule is CC(C)CCC(Cc1ccccc1)NCCCN1CCCCCC1. The second kappa shape index (κ2) is 11.7. The summed E-state index contributed by atoms with van der Waals surface area (Å²) in [6.45, 7) is 9.74. The third kappa shape index (κ3) is 8.30.